The monoisotopic (exact) mass is 393 g/mol. The molecule has 26 heavy (non-hydrogen) atoms. The van der Waals surface area contributed by atoms with Crippen LogP contribution in [0.2, 0.25) is 5.02 Å². The number of likely N-dealkylation sites (tertiary alicyclic amines) is 1. The van der Waals surface area contributed by atoms with Crippen LogP contribution >= 0.6 is 23.4 Å². The number of piperidine rings is 1. The summed E-state index contributed by atoms with van der Waals surface area (Å²) in [6.07, 6.45) is 3.94. The molecule has 1 fully saturated rings. The van der Waals surface area contributed by atoms with Crippen molar-refractivity contribution in [3.8, 4) is 0 Å². The maximum Gasteiger partial charge on any atom is 0.232 e. The lowest BCUT2D eigenvalue weighted by Gasteiger charge is -2.32. The molecular weight excluding hydrogens is 370 g/mol. The van der Waals surface area contributed by atoms with Crippen molar-refractivity contribution in [2.45, 2.75) is 31.1 Å². The first-order valence-electron chi connectivity index (χ1n) is 8.90. The van der Waals surface area contributed by atoms with Crippen molar-refractivity contribution in [1.29, 1.82) is 0 Å². The van der Waals surface area contributed by atoms with Gasteiger partial charge in [0.1, 0.15) is 0 Å². The van der Waals surface area contributed by atoms with E-state index in [1.807, 2.05) is 41.4 Å². The quantitative estimate of drug-likeness (QED) is 0.784. The van der Waals surface area contributed by atoms with E-state index in [1.165, 1.54) is 0 Å². The molecule has 1 amide bonds. The molecule has 0 saturated carbocycles. The summed E-state index contributed by atoms with van der Waals surface area (Å²) in [6, 6.07) is 9.76. The Kier molecular flexibility index (Phi) is 7.00. The standard InChI is InChI=1S/C19H24ClN3O2S/c20-17-6-2-1-4-16(17)13-26-14-19(25)22-8-3-5-15(12-22)18-7-9-23(21-18)10-11-24/h1-2,4,6-7,9,15,24H,3,5,8,10-14H2. The number of thioether (sulfide) groups is 1. The first-order chi connectivity index (χ1) is 12.7. The van der Waals surface area contributed by atoms with Gasteiger partial charge in [0.2, 0.25) is 5.91 Å². The normalized spacial score (nSPS) is 17.5. The van der Waals surface area contributed by atoms with E-state index in [0.29, 0.717) is 12.3 Å². The minimum Gasteiger partial charge on any atom is -0.394 e. The number of aliphatic hydroxyl groups excluding tert-OH is 1. The number of hydrogen-bond donors (Lipinski definition) is 1. The van der Waals surface area contributed by atoms with E-state index in [0.717, 1.165) is 48.0 Å². The number of nitrogens with zero attached hydrogens (tertiary/aromatic N) is 3. The lowest BCUT2D eigenvalue weighted by atomic mass is 9.95. The molecule has 1 N–H and O–H groups in total. The maximum absolute atomic E-state index is 12.6. The van der Waals surface area contributed by atoms with Crippen LogP contribution in [0.4, 0.5) is 0 Å². The molecule has 7 heteroatoms. The molecule has 140 valence electrons. The SMILES string of the molecule is O=C(CSCc1ccccc1Cl)N1CCCC(c2ccn(CCO)n2)C1. The van der Waals surface area contributed by atoms with E-state index in [4.69, 9.17) is 16.7 Å². The van der Waals surface area contributed by atoms with Gasteiger partial charge in [0.25, 0.3) is 0 Å². The fourth-order valence-corrected chi connectivity index (χ4v) is 4.43. The topological polar surface area (TPSA) is 58.4 Å². The van der Waals surface area contributed by atoms with Crippen molar-refractivity contribution >= 4 is 29.3 Å². The van der Waals surface area contributed by atoms with Crippen LogP contribution in [0.1, 0.15) is 30.0 Å². The molecule has 3 rings (SSSR count). The van der Waals surface area contributed by atoms with E-state index >= 15 is 0 Å². The van der Waals surface area contributed by atoms with Crippen molar-refractivity contribution in [2.75, 3.05) is 25.4 Å². The number of carbonyl (C=O) groups excluding carboxylic acids is 1. The highest BCUT2D eigenvalue weighted by molar-refractivity contribution is 7.99. The van der Waals surface area contributed by atoms with E-state index in [-0.39, 0.29) is 18.4 Å². The summed E-state index contributed by atoms with van der Waals surface area (Å²) in [5.41, 5.74) is 2.08. The summed E-state index contributed by atoms with van der Waals surface area (Å²) in [4.78, 5) is 14.5. The molecule has 2 aromatic rings. The lowest BCUT2D eigenvalue weighted by Crippen LogP contribution is -2.40. The van der Waals surface area contributed by atoms with E-state index < -0.39 is 0 Å². The van der Waals surface area contributed by atoms with Gasteiger partial charge < -0.3 is 10.0 Å². The zero-order valence-electron chi connectivity index (χ0n) is 14.7. The van der Waals surface area contributed by atoms with Crippen LogP contribution in [0.3, 0.4) is 0 Å². The third-order valence-corrected chi connectivity index (χ3v) is 5.96. The molecule has 1 aliphatic heterocycles. The highest BCUT2D eigenvalue weighted by Crippen LogP contribution is 2.27. The Morgan fingerprint density at radius 2 is 2.19 bits per heavy atom. The van der Waals surface area contributed by atoms with Gasteiger partial charge in [-0.05, 0) is 30.5 Å². The predicted molar refractivity (Wildman–Crippen MR) is 105 cm³/mol. The van der Waals surface area contributed by atoms with Crippen LogP contribution in [0.15, 0.2) is 36.5 Å². The van der Waals surface area contributed by atoms with E-state index in [1.54, 1.807) is 16.4 Å². The molecule has 1 unspecified atom stereocenters. The summed E-state index contributed by atoms with van der Waals surface area (Å²) in [5.74, 6) is 1.67. The number of halogens is 1. The number of hydrogen-bond acceptors (Lipinski definition) is 4. The minimum atomic E-state index is 0.0824. The maximum atomic E-state index is 12.6. The third kappa shape index (κ3) is 5.02. The lowest BCUT2D eigenvalue weighted by molar-refractivity contribution is -0.129. The van der Waals surface area contributed by atoms with Crippen molar-refractivity contribution in [3.05, 3.63) is 52.8 Å². The van der Waals surface area contributed by atoms with Crippen LogP contribution in [-0.4, -0.2) is 51.1 Å². The number of rotatable bonds is 7. The molecule has 0 bridgehead atoms. The number of benzene rings is 1. The van der Waals surface area contributed by atoms with Crippen LogP contribution in [0.5, 0.6) is 0 Å². The number of aromatic nitrogens is 2. The van der Waals surface area contributed by atoms with Crippen molar-refractivity contribution in [2.24, 2.45) is 0 Å². The Labute approximate surface area is 163 Å². The minimum absolute atomic E-state index is 0.0824. The van der Waals surface area contributed by atoms with Crippen LogP contribution in [-0.2, 0) is 17.1 Å². The molecule has 1 atom stereocenters. The summed E-state index contributed by atoms with van der Waals surface area (Å²) in [5, 5.41) is 14.3. The van der Waals surface area contributed by atoms with Crippen molar-refractivity contribution in [3.63, 3.8) is 0 Å². The Balaban J connectivity index is 1.50. The molecule has 2 heterocycles. The Bertz CT molecular complexity index is 737. The van der Waals surface area contributed by atoms with Gasteiger partial charge >= 0.3 is 0 Å². The smallest absolute Gasteiger partial charge is 0.232 e. The fraction of sp³-hybridized carbons (Fsp3) is 0.474. The summed E-state index contributed by atoms with van der Waals surface area (Å²) in [6.45, 7) is 2.13. The molecular formula is C19H24ClN3O2S. The van der Waals surface area contributed by atoms with Crippen LogP contribution in [0, 0.1) is 0 Å². The van der Waals surface area contributed by atoms with Gasteiger partial charge in [-0.2, -0.15) is 5.10 Å². The molecule has 0 radical (unpaired) electrons. The Hall–Kier alpha value is -1.50. The van der Waals surface area contributed by atoms with E-state index in [9.17, 15) is 4.79 Å². The molecule has 1 aromatic heterocycles. The van der Waals surface area contributed by atoms with Crippen molar-refractivity contribution < 1.29 is 9.90 Å². The predicted octanol–water partition coefficient (Wildman–Crippen LogP) is 3.17. The second kappa shape index (κ2) is 9.44. The van der Waals surface area contributed by atoms with Crippen LogP contribution < -0.4 is 0 Å². The highest BCUT2D eigenvalue weighted by Gasteiger charge is 2.26. The van der Waals surface area contributed by atoms with Gasteiger partial charge in [0.05, 0.1) is 24.6 Å². The van der Waals surface area contributed by atoms with Gasteiger partial charge in [-0.15, -0.1) is 11.8 Å². The molecule has 1 saturated heterocycles. The molecule has 0 aliphatic carbocycles. The first-order valence-corrected chi connectivity index (χ1v) is 10.4. The number of carbonyl (C=O) groups is 1. The molecule has 0 spiro atoms. The molecule has 1 aromatic carbocycles. The first kappa shape index (κ1) is 19.3. The van der Waals surface area contributed by atoms with Crippen molar-refractivity contribution in [1.82, 2.24) is 14.7 Å². The van der Waals surface area contributed by atoms with Gasteiger partial charge in [0.15, 0.2) is 0 Å². The third-order valence-electron chi connectivity index (χ3n) is 4.62. The Morgan fingerprint density at radius 3 is 3.00 bits per heavy atom. The number of amides is 1. The number of aliphatic hydroxyl groups is 1. The second-order valence-electron chi connectivity index (χ2n) is 6.49. The zero-order chi connectivity index (χ0) is 18.4. The molecule has 5 nitrogen and oxygen atoms in total. The summed E-state index contributed by atoms with van der Waals surface area (Å²) in [7, 11) is 0. The fourth-order valence-electron chi connectivity index (χ4n) is 3.22. The van der Waals surface area contributed by atoms with Gasteiger partial charge in [0, 0.05) is 36.0 Å². The average Bonchev–Trinajstić information content (AvgIpc) is 3.12. The van der Waals surface area contributed by atoms with Gasteiger partial charge in [-0.1, -0.05) is 29.8 Å². The summed E-state index contributed by atoms with van der Waals surface area (Å²) < 4.78 is 1.76. The van der Waals surface area contributed by atoms with Gasteiger partial charge in [-0.3, -0.25) is 9.48 Å². The second-order valence-corrected chi connectivity index (χ2v) is 7.88. The molecule has 1 aliphatic rings. The Morgan fingerprint density at radius 1 is 1.35 bits per heavy atom. The zero-order valence-corrected chi connectivity index (χ0v) is 16.3. The average molecular weight is 394 g/mol. The summed E-state index contributed by atoms with van der Waals surface area (Å²) >= 11 is 7.77. The van der Waals surface area contributed by atoms with E-state index in [2.05, 4.69) is 5.10 Å². The largest absolute Gasteiger partial charge is 0.394 e. The highest BCUT2D eigenvalue weighted by atomic mass is 35.5. The van der Waals surface area contributed by atoms with Crippen LogP contribution in [0.25, 0.3) is 0 Å². The van der Waals surface area contributed by atoms with Gasteiger partial charge in [-0.25, -0.2) is 0 Å².